The van der Waals surface area contributed by atoms with E-state index in [4.69, 9.17) is 18.9 Å². The van der Waals surface area contributed by atoms with Crippen LogP contribution in [0, 0.1) is 0 Å². The van der Waals surface area contributed by atoms with E-state index in [0.29, 0.717) is 6.61 Å². The molecule has 3 rings (SSSR count). The van der Waals surface area contributed by atoms with Gasteiger partial charge in [-0.25, -0.2) is 0 Å². The lowest BCUT2D eigenvalue weighted by Gasteiger charge is -2.18. The van der Waals surface area contributed by atoms with Crippen LogP contribution in [0.1, 0.15) is 37.3 Å². The van der Waals surface area contributed by atoms with E-state index in [0.717, 1.165) is 35.0 Å². The molecule has 0 bridgehead atoms. The van der Waals surface area contributed by atoms with Gasteiger partial charge >= 0.3 is 0 Å². The van der Waals surface area contributed by atoms with Gasteiger partial charge in [0.15, 0.2) is 11.5 Å². The molecule has 0 aliphatic carbocycles. The van der Waals surface area contributed by atoms with Gasteiger partial charge in [0.1, 0.15) is 11.5 Å². The largest absolute Gasteiger partial charge is 0.497 e. The summed E-state index contributed by atoms with van der Waals surface area (Å²) in [5.74, 6) is 3.43. The fourth-order valence-corrected chi connectivity index (χ4v) is 2.69. The standard InChI is InChI=1S/C19H22O4/c1-4-9-21-17-11-19-18(22-12-23-19)10-16(17)13(2)14-5-7-15(20-3)8-6-14/h5-8,10-11,13H,4,9,12H2,1-3H3/t13-/m0/s1. The Morgan fingerprint density at radius 1 is 1.09 bits per heavy atom. The highest BCUT2D eigenvalue weighted by atomic mass is 16.7. The van der Waals surface area contributed by atoms with Crippen LogP contribution in [-0.2, 0) is 0 Å². The second-order valence-corrected chi connectivity index (χ2v) is 5.59. The number of fused-ring (bicyclic) bond motifs is 1. The van der Waals surface area contributed by atoms with Crippen molar-refractivity contribution < 1.29 is 18.9 Å². The SMILES string of the molecule is CCCOc1cc2c(cc1[C@@H](C)c1ccc(OC)cc1)OCO2. The summed E-state index contributed by atoms with van der Waals surface area (Å²) in [6, 6.07) is 12.1. The smallest absolute Gasteiger partial charge is 0.231 e. The Morgan fingerprint density at radius 2 is 1.78 bits per heavy atom. The molecule has 23 heavy (non-hydrogen) atoms. The zero-order valence-corrected chi connectivity index (χ0v) is 13.8. The first-order valence-electron chi connectivity index (χ1n) is 7.93. The first kappa shape index (κ1) is 15.5. The zero-order valence-electron chi connectivity index (χ0n) is 13.8. The molecule has 0 radical (unpaired) electrons. The molecule has 4 heteroatoms. The minimum Gasteiger partial charge on any atom is -0.497 e. The third kappa shape index (κ3) is 3.21. The molecule has 1 aliphatic heterocycles. The highest BCUT2D eigenvalue weighted by Crippen LogP contribution is 2.42. The van der Waals surface area contributed by atoms with Crippen molar-refractivity contribution in [3.8, 4) is 23.0 Å². The van der Waals surface area contributed by atoms with Crippen molar-refractivity contribution in [1.82, 2.24) is 0 Å². The van der Waals surface area contributed by atoms with Crippen LogP contribution in [-0.4, -0.2) is 20.5 Å². The Balaban J connectivity index is 1.95. The van der Waals surface area contributed by atoms with Crippen LogP contribution in [0.4, 0.5) is 0 Å². The summed E-state index contributed by atoms with van der Waals surface area (Å²) in [7, 11) is 1.67. The molecule has 122 valence electrons. The molecule has 0 fully saturated rings. The monoisotopic (exact) mass is 314 g/mol. The Kier molecular flexibility index (Phi) is 4.60. The normalized spacial score (nSPS) is 13.7. The molecule has 1 atom stereocenters. The van der Waals surface area contributed by atoms with E-state index in [-0.39, 0.29) is 12.7 Å². The highest BCUT2D eigenvalue weighted by molar-refractivity contribution is 5.54. The molecular formula is C19H22O4. The molecule has 0 amide bonds. The van der Waals surface area contributed by atoms with Gasteiger partial charge in [-0.3, -0.25) is 0 Å². The zero-order chi connectivity index (χ0) is 16.2. The van der Waals surface area contributed by atoms with Gasteiger partial charge in [-0.2, -0.15) is 0 Å². The molecule has 1 heterocycles. The minimum absolute atomic E-state index is 0.183. The van der Waals surface area contributed by atoms with Crippen molar-refractivity contribution in [2.45, 2.75) is 26.2 Å². The number of benzene rings is 2. The molecule has 0 N–H and O–H groups in total. The predicted molar refractivity (Wildman–Crippen MR) is 88.9 cm³/mol. The van der Waals surface area contributed by atoms with Crippen molar-refractivity contribution in [1.29, 1.82) is 0 Å². The van der Waals surface area contributed by atoms with Gasteiger partial charge in [-0.1, -0.05) is 26.0 Å². The lowest BCUT2D eigenvalue weighted by molar-refractivity contribution is 0.173. The van der Waals surface area contributed by atoms with Gasteiger partial charge < -0.3 is 18.9 Å². The second-order valence-electron chi connectivity index (χ2n) is 5.59. The van der Waals surface area contributed by atoms with Crippen molar-refractivity contribution in [2.75, 3.05) is 20.5 Å². The maximum Gasteiger partial charge on any atom is 0.231 e. The quantitative estimate of drug-likeness (QED) is 0.793. The first-order chi connectivity index (χ1) is 11.2. The number of rotatable bonds is 6. The Hall–Kier alpha value is -2.36. The van der Waals surface area contributed by atoms with Crippen LogP contribution in [0.2, 0.25) is 0 Å². The molecule has 0 unspecified atom stereocenters. The Labute approximate surface area is 136 Å². The topological polar surface area (TPSA) is 36.9 Å². The van der Waals surface area contributed by atoms with Gasteiger partial charge in [0.05, 0.1) is 13.7 Å². The van der Waals surface area contributed by atoms with Crippen molar-refractivity contribution in [3.05, 3.63) is 47.5 Å². The molecule has 0 spiro atoms. The maximum absolute atomic E-state index is 5.94. The first-order valence-corrected chi connectivity index (χ1v) is 7.93. The maximum atomic E-state index is 5.94. The van der Waals surface area contributed by atoms with Crippen molar-refractivity contribution >= 4 is 0 Å². The Morgan fingerprint density at radius 3 is 2.43 bits per heavy atom. The molecule has 1 aliphatic rings. The highest BCUT2D eigenvalue weighted by Gasteiger charge is 2.22. The fourth-order valence-electron chi connectivity index (χ4n) is 2.69. The molecule has 0 aromatic heterocycles. The third-order valence-corrected chi connectivity index (χ3v) is 4.05. The molecule has 0 saturated carbocycles. The van der Waals surface area contributed by atoms with E-state index in [9.17, 15) is 0 Å². The van der Waals surface area contributed by atoms with Gasteiger partial charge in [0, 0.05) is 17.5 Å². The molecule has 0 saturated heterocycles. The summed E-state index contributed by atoms with van der Waals surface area (Å²) in [6.45, 7) is 5.21. The van der Waals surface area contributed by atoms with Gasteiger partial charge in [0.25, 0.3) is 0 Å². The lowest BCUT2D eigenvalue weighted by atomic mass is 9.92. The van der Waals surface area contributed by atoms with Crippen molar-refractivity contribution in [3.63, 3.8) is 0 Å². The molecular weight excluding hydrogens is 292 g/mol. The fraction of sp³-hybridized carbons (Fsp3) is 0.368. The summed E-state index contributed by atoms with van der Waals surface area (Å²) < 4.78 is 22.2. The minimum atomic E-state index is 0.183. The van der Waals surface area contributed by atoms with Crippen LogP contribution in [0.25, 0.3) is 0 Å². The summed E-state index contributed by atoms with van der Waals surface area (Å²) in [5, 5.41) is 0. The van der Waals surface area contributed by atoms with E-state index in [1.807, 2.05) is 24.3 Å². The molecule has 2 aromatic rings. The third-order valence-electron chi connectivity index (χ3n) is 4.05. The van der Waals surface area contributed by atoms with Crippen LogP contribution >= 0.6 is 0 Å². The van der Waals surface area contributed by atoms with Gasteiger partial charge in [-0.15, -0.1) is 0 Å². The number of methoxy groups -OCH3 is 1. The van der Waals surface area contributed by atoms with Crippen LogP contribution in [0.5, 0.6) is 23.0 Å². The summed E-state index contributed by atoms with van der Waals surface area (Å²) in [5.41, 5.74) is 2.30. The van der Waals surface area contributed by atoms with Crippen LogP contribution in [0.15, 0.2) is 36.4 Å². The summed E-state index contributed by atoms with van der Waals surface area (Å²) >= 11 is 0. The summed E-state index contributed by atoms with van der Waals surface area (Å²) in [6.07, 6.45) is 0.963. The molecule has 4 nitrogen and oxygen atoms in total. The van der Waals surface area contributed by atoms with E-state index < -0.39 is 0 Å². The average Bonchev–Trinajstić information content (AvgIpc) is 3.06. The van der Waals surface area contributed by atoms with E-state index in [2.05, 4.69) is 26.0 Å². The lowest BCUT2D eigenvalue weighted by Crippen LogP contribution is -2.03. The number of hydrogen-bond donors (Lipinski definition) is 0. The summed E-state index contributed by atoms with van der Waals surface area (Å²) in [4.78, 5) is 0. The van der Waals surface area contributed by atoms with E-state index >= 15 is 0 Å². The van der Waals surface area contributed by atoms with E-state index in [1.54, 1.807) is 7.11 Å². The second kappa shape index (κ2) is 6.82. The van der Waals surface area contributed by atoms with Crippen LogP contribution < -0.4 is 18.9 Å². The number of hydrogen-bond acceptors (Lipinski definition) is 4. The molecule has 2 aromatic carbocycles. The van der Waals surface area contributed by atoms with E-state index in [1.165, 1.54) is 5.56 Å². The number of ether oxygens (including phenoxy) is 4. The van der Waals surface area contributed by atoms with Crippen LogP contribution in [0.3, 0.4) is 0 Å². The average molecular weight is 314 g/mol. The van der Waals surface area contributed by atoms with Gasteiger partial charge in [0.2, 0.25) is 6.79 Å². The predicted octanol–water partition coefficient (Wildman–Crippen LogP) is 4.36. The van der Waals surface area contributed by atoms with Gasteiger partial charge in [-0.05, 0) is 30.2 Å². The van der Waals surface area contributed by atoms with Crippen molar-refractivity contribution in [2.24, 2.45) is 0 Å². The Bertz CT molecular complexity index is 664.